The monoisotopic (exact) mass is 269 g/mol. The van der Waals surface area contributed by atoms with Crippen LogP contribution >= 0.6 is 11.3 Å². The summed E-state index contributed by atoms with van der Waals surface area (Å²) >= 11 is 1.52. The van der Waals surface area contributed by atoms with Crippen molar-refractivity contribution in [2.24, 2.45) is 0 Å². The summed E-state index contributed by atoms with van der Waals surface area (Å²) < 4.78 is 1.08. The third-order valence-corrected chi connectivity index (χ3v) is 4.06. The van der Waals surface area contributed by atoms with Crippen LogP contribution in [0.15, 0.2) is 42.5 Å². The Morgan fingerprint density at radius 1 is 1.16 bits per heavy atom. The van der Waals surface area contributed by atoms with Gasteiger partial charge in [0, 0.05) is 5.56 Å². The second-order valence-electron chi connectivity index (χ2n) is 4.29. The molecule has 94 valence electrons. The van der Waals surface area contributed by atoms with Gasteiger partial charge in [0.2, 0.25) is 0 Å². The van der Waals surface area contributed by atoms with Crippen LogP contribution in [-0.2, 0) is 0 Å². The summed E-state index contributed by atoms with van der Waals surface area (Å²) in [6, 6.07) is 13.0. The molecule has 19 heavy (non-hydrogen) atoms. The smallest absolute Gasteiger partial charge is 0.336 e. The molecule has 3 rings (SSSR count). The first kappa shape index (κ1) is 11.9. The van der Waals surface area contributed by atoms with Crippen LogP contribution in [0.2, 0.25) is 0 Å². The standard InChI is InChI=1S/C15H11NO2S/c1-9-5-4-8-12-13(9)16-14(19-12)10-6-2-3-7-11(10)15(17)18/h2-8H,1H3,(H,17,18). The van der Waals surface area contributed by atoms with Gasteiger partial charge in [0.25, 0.3) is 0 Å². The number of aromatic carboxylic acids is 1. The summed E-state index contributed by atoms with van der Waals surface area (Å²) in [5.74, 6) is -0.924. The maximum absolute atomic E-state index is 11.3. The number of carboxylic acid groups (broad SMARTS) is 1. The van der Waals surface area contributed by atoms with Crippen LogP contribution in [0, 0.1) is 6.92 Å². The lowest BCUT2D eigenvalue weighted by Gasteiger charge is -2.01. The summed E-state index contributed by atoms with van der Waals surface area (Å²) in [6.45, 7) is 2.01. The number of benzene rings is 2. The average Bonchev–Trinajstić information content (AvgIpc) is 2.84. The van der Waals surface area contributed by atoms with Gasteiger partial charge >= 0.3 is 5.97 Å². The Labute approximate surface area is 114 Å². The summed E-state index contributed by atoms with van der Waals surface area (Å²) in [5, 5.41) is 9.99. The van der Waals surface area contributed by atoms with E-state index >= 15 is 0 Å². The molecule has 1 aromatic heterocycles. The predicted octanol–water partition coefficient (Wildman–Crippen LogP) is 3.97. The van der Waals surface area contributed by atoms with Gasteiger partial charge in [-0.2, -0.15) is 0 Å². The molecule has 2 aromatic carbocycles. The van der Waals surface area contributed by atoms with Crippen LogP contribution in [-0.4, -0.2) is 16.1 Å². The van der Waals surface area contributed by atoms with Gasteiger partial charge in [-0.25, -0.2) is 9.78 Å². The normalized spacial score (nSPS) is 10.8. The summed E-state index contributed by atoms with van der Waals surface area (Å²) in [5.41, 5.74) is 3.02. The molecular weight excluding hydrogens is 258 g/mol. The van der Waals surface area contributed by atoms with Crippen LogP contribution in [0.1, 0.15) is 15.9 Å². The zero-order valence-corrected chi connectivity index (χ0v) is 11.1. The summed E-state index contributed by atoms with van der Waals surface area (Å²) in [6.07, 6.45) is 0. The van der Waals surface area contributed by atoms with E-state index in [-0.39, 0.29) is 0 Å². The molecule has 0 fully saturated rings. The van der Waals surface area contributed by atoms with Crippen LogP contribution in [0.3, 0.4) is 0 Å². The maximum Gasteiger partial charge on any atom is 0.336 e. The quantitative estimate of drug-likeness (QED) is 0.765. The lowest BCUT2D eigenvalue weighted by molar-refractivity contribution is 0.0697. The van der Waals surface area contributed by atoms with E-state index in [0.29, 0.717) is 11.1 Å². The Hall–Kier alpha value is -2.20. The molecule has 0 saturated carbocycles. The highest BCUT2D eigenvalue weighted by molar-refractivity contribution is 7.21. The van der Waals surface area contributed by atoms with E-state index in [0.717, 1.165) is 20.8 Å². The van der Waals surface area contributed by atoms with E-state index in [1.165, 1.54) is 11.3 Å². The molecule has 0 saturated heterocycles. The molecule has 0 spiro atoms. The Morgan fingerprint density at radius 3 is 2.68 bits per heavy atom. The first-order valence-electron chi connectivity index (χ1n) is 5.85. The molecule has 0 radical (unpaired) electrons. The lowest BCUT2D eigenvalue weighted by Crippen LogP contribution is -1.98. The molecule has 4 heteroatoms. The van der Waals surface area contributed by atoms with E-state index in [9.17, 15) is 9.90 Å². The van der Waals surface area contributed by atoms with Gasteiger partial charge in [0.05, 0.1) is 15.8 Å². The SMILES string of the molecule is Cc1cccc2sc(-c3ccccc3C(=O)O)nc12. The number of carboxylic acids is 1. The van der Waals surface area contributed by atoms with Crippen molar-refractivity contribution in [1.29, 1.82) is 0 Å². The number of para-hydroxylation sites is 1. The topological polar surface area (TPSA) is 50.2 Å². The maximum atomic E-state index is 11.3. The highest BCUT2D eigenvalue weighted by Crippen LogP contribution is 2.33. The van der Waals surface area contributed by atoms with Crippen molar-refractivity contribution in [3.63, 3.8) is 0 Å². The van der Waals surface area contributed by atoms with Crippen LogP contribution in [0.4, 0.5) is 0 Å². The molecule has 0 aliphatic rings. The zero-order valence-electron chi connectivity index (χ0n) is 10.3. The van der Waals surface area contributed by atoms with Crippen LogP contribution in [0.25, 0.3) is 20.8 Å². The van der Waals surface area contributed by atoms with Gasteiger partial charge in [0.15, 0.2) is 0 Å². The summed E-state index contributed by atoms with van der Waals surface area (Å²) in [4.78, 5) is 15.8. The lowest BCUT2D eigenvalue weighted by atomic mass is 10.1. The Bertz CT molecular complexity index is 777. The van der Waals surface area contributed by atoms with Crippen molar-refractivity contribution in [3.8, 4) is 10.6 Å². The molecule has 0 aliphatic carbocycles. The minimum Gasteiger partial charge on any atom is -0.478 e. The molecule has 0 bridgehead atoms. The van der Waals surface area contributed by atoms with E-state index < -0.39 is 5.97 Å². The number of aromatic nitrogens is 1. The Kier molecular flexibility index (Phi) is 2.80. The molecule has 0 atom stereocenters. The molecule has 3 nitrogen and oxygen atoms in total. The molecule has 0 unspecified atom stereocenters. The first-order chi connectivity index (χ1) is 9.16. The van der Waals surface area contributed by atoms with Gasteiger partial charge in [-0.05, 0) is 24.6 Å². The molecule has 0 amide bonds. The van der Waals surface area contributed by atoms with E-state index in [2.05, 4.69) is 4.98 Å². The molecule has 3 aromatic rings. The van der Waals surface area contributed by atoms with Crippen molar-refractivity contribution in [3.05, 3.63) is 53.6 Å². The first-order valence-corrected chi connectivity index (χ1v) is 6.67. The fraction of sp³-hybridized carbons (Fsp3) is 0.0667. The number of carbonyl (C=O) groups is 1. The number of hydrogen-bond acceptors (Lipinski definition) is 3. The summed E-state index contributed by atoms with van der Waals surface area (Å²) in [7, 11) is 0. The Balaban J connectivity index is 2.25. The number of thiazole rings is 1. The van der Waals surface area contributed by atoms with E-state index in [4.69, 9.17) is 0 Å². The molecule has 1 heterocycles. The average molecular weight is 269 g/mol. The second kappa shape index (κ2) is 4.48. The number of aryl methyl sites for hydroxylation is 1. The highest BCUT2D eigenvalue weighted by atomic mass is 32.1. The van der Waals surface area contributed by atoms with Gasteiger partial charge in [-0.1, -0.05) is 30.3 Å². The van der Waals surface area contributed by atoms with Gasteiger partial charge < -0.3 is 5.11 Å². The van der Waals surface area contributed by atoms with Crippen molar-refractivity contribution < 1.29 is 9.90 Å². The number of hydrogen-bond donors (Lipinski definition) is 1. The molecule has 1 N–H and O–H groups in total. The van der Waals surface area contributed by atoms with Gasteiger partial charge in [0.1, 0.15) is 5.01 Å². The van der Waals surface area contributed by atoms with Gasteiger partial charge in [-0.3, -0.25) is 0 Å². The highest BCUT2D eigenvalue weighted by Gasteiger charge is 2.14. The van der Waals surface area contributed by atoms with E-state index in [1.807, 2.05) is 31.2 Å². The van der Waals surface area contributed by atoms with Crippen LogP contribution < -0.4 is 0 Å². The fourth-order valence-electron chi connectivity index (χ4n) is 2.06. The number of rotatable bonds is 2. The second-order valence-corrected chi connectivity index (χ2v) is 5.32. The number of fused-ring (bicyclic) bond motifs is 1. The zero-order chi connectivity index (χ0) is 13.4. The Morgan fingerprint density at radius 2 is 1.95 bits per heavy atom. The fourth-order valence-corrected chi connectivity index (χ4v) is 3.14. The number of nitrogens with zero attached hydrogens (tertiary/aromatic N) is 1. The van der Waals surface area contributed by atoms with E-state index in [1.54, 1.807) is 18.2 Å². The minimum atomic E-state index is -0.924. The van der Waals surface area contributed by atoms with Crippen molar-refractivity contribution >= 4 is 27.5 Å². The van der Waals surface area contributed by atoms with Crippen molar-refractivity contribution in [2.75, 3.05) is 0 Å². The minimum absolute atomic E-state index is 0.291. The van der Waals surface area contributed by atoms with Crippen molar-refractivity contribution in [2.45, 2.75) is 6.92 Å². The van der Waals surface area contributed by atoms with Crippen LogP contribution in [0.5, 0.6) is 0 Å². The third-order valence-electron chi connectivity index (χ3n) is 3.01. The largest absolute Gasteiger partial charge is 0.478 e. The van der Waals surface area contributed by atoms with Gasteiger partial charge in [-0.15, -0.1) is 11.3 Å². The van der Waals surface area contributed by atoms with Crippen molar-refractivity contribution in [1.82, 2.24) is 4.98 Å². The predicted molar refractivity (Wildman–Crippen MR) is 76.8 cm³/mol. The molecular formula is C15H11NO2S. The third kappa shape index (κ3) is 2.00. The molecule has 0 aliphatic heterocycles.